The molecule has 0 saturated heterocycles. The van der Waals surface area contributed by atoms with E-state index in [0.717, 1.165) is 16.8 Å². The summed E-state index contributed by atoms with van der Waals surface area (Å²) >= 11 is 0. The molecule has 0 spiro atoms. The average Bonchev–Trinajstić information content (AvgIpc) is 3.46. The molecule has 1 aliphatic rings. The fourth-order valence-electron chi connectivity index (χ4n) is 3.98. The Bertz CT molecular complexity index is 1210. The van der Waals surface area contributed by atoms with Gasteiger partial charge < -0.3 is 19.0 Å². The Balaban J connectivity index is 1.50. The Morgan fingerprint density at radius 2 is 2.10 bits per heavy atom. The van der Waals surface area contributed by atoms with Crippen molar-refractivity contribution in [3.05, 3.63) is 89.3 Å². The van der Waals surface area contributed by atoms with Gasteiger partial charge in [0.05, 0.1) is 24.3 Å². The molecule has 0 bridgehead atoms. The second kappa shape index (κ2) is 7.35. The van der Waals surface area contributed by atoms with Crippen molar-refractivity contribution in [3.63, 3.8) is 0 Å². The lowest BCUT2D eigenvalue weighted by Crippen LogP contribution is -2.26. The highest BCUT2D eigenvalue weighted by Crippen LogP contribution is 2.38. The fraction of sp³-hybridized carbons (Fsp3) is 0.217. The molecule has 30 heavy (non-hydrogen) atoms. The number of nitrogens with zero attached hydrogens (tertiary/aromatic N) is 2. The van der Waals surface area contributed by atoms with Gasteiger partial charge in [0, 0.05) is 12.6 Å². The van der Waals surface area contributed by atoms with Crippen molar-refractivity contribution >= 4 is 11.6 Å². The first-order chi connectivity index (χ1) is 14.7. The van der Waals surface area contributed by atoms with E-state index in [9.17, 15) is 9.90 Å². The maximum atomic E-state index is 12.5. The van der Waals surface area contributed by atoms with Crippen LogP contribution in [0.2, 0.25) is 0 Å². The predicted octanol–water partition coefficient (Wildman–Crippen LogP) is 3.63. The zero-order chi connectivity index (χ0) is 20.7. The van der Waals surface area contributed by atoms with E-state index in [1.54, 1.807) is 12.1 Å². The van der Waals surface area contributed by atoms with Crippen molar-refractivity contribution in [3.8, 4) is 5.75 Å². The van der Waals surface area contributed by atoms with Crippen LogP contribution in [0, 0.1) is 6.92 Å². The van der Waals surface area contributed by atoms with Crippen LogP contribution in [-0.2, 0) is 17.8 Å². The molecule has 1 N–H and O–H groups in total. The van der Waals surface area contributed by atoms with E-state index in [0.29, 0.717) is 23.5 Å². The van der Waals surface area contributed by atoms with Gasteiger partial charge in [0.25, 0.3) is 0 Å². The fourth-order valence-corrected chi connectivity index (χ4v) is 3.98. The number of aromatic nitrogens is 2. The van der Waals surface area contributed by atoms with E-state index in [-0.39, 0.29) is 12.4 Å². The number of carbonyl (C=O) groups excluding carboxylic acids is 1. The quantitative estimate of drug-likeness (QED) is 0.511. The molecule has 3 heterocycles. The SMILES string of the molecule is Cc1nc2c(O[C@@H]3c4ccccc4C[C@H]3OC(=O)c3ccco3)cccn2c1CO. The van der Waals surface area contributed by atoms with E-state index >= 15 is 0 Å². The smallest absolute Gasteiger partial charge is 0.374 e. The lowest BCUT2D eigenvalue weighted by atomic mass is 10.1. The summed E-state index contributed by atoms with van der Waals surface area (Å²) in [5.74, 6) is 0.188. The Labute approximate surface area is 172 Å². The molecule has 5 rings (SSSR count). The standard InChI is InChI=1S/C23H20N2O5/c1-14-17(13-26)25-10-4-8-18(22(25)24-14)29-21-16-7-3-2-6-15(16)12-20(21)30-23(27)19-9-5-11-28-19/h2-11,20-21,26H,12-13H2,1H3/t20-,21-/m1/s1. The van der Waals surface area contributed by atoms with Gasteiger partial charge >= 0.3 is 5.97 Å². The highest BCUT2D eigenvalue weighted by Gasteiger charge is 2.38. The average molecular weight is 404 g/mol. The van der Waals surface area contributed by atoms with Crippen LogP contribution in [0.4, 0.5) is 0 Å². The van der Waals surface area contributed by atoms with Crippen LogP contribution >= 0.6 is 0 Å². The van der Waals surface area contributed by atoms with Gasteiger partial charge in [-0.1, -0.05) is 24.3 Å². The van der Waals surface area contributed by atoms with Crippen LogP contribution in [-0.4, -0.2) is 26.6 Å². The van der Waals surface area contributed by atoms with Crippen LogP contribution in [0.1, 0.15) is 39.2 Å². The monoisotopic (exact) mass is 404 g/mol. The van der Waals surface area contributed by atoms with Gasteiger partial charge in [-0.25, -0.2) is 9.78 Å². The number of imidazole rings is 1. The summed E-state index contributed by atoms with van der Waals surface area (Å²) in [7, 11) is 0. The van der Waals surface area contributed by atoms with Gasteiger partial charge in [-0.05, 0) is 42.3 Å². The molecule has 0 amide bonds. The third kappa shape index (κ3) is 3.04. The number of hydrogen-bond donors (Lipinski definition) is 1. The summed E-state index contributed by atoms with van der Waals surface area (Å²) in [6.45, 7) is 1.73. The van der Waals surface area contributed by atoms with Gasteiger partial charge in [0.1, 0.15) is 6.10 Å². The maximum Gasteiger partial charge on any atom is 0.374 e. The first-order valence-electron chi connectivity index (χ1n) is 9.72. The van der Waals surface area contributed by atoms with Gasteiger partial charge in [-0.2, -0.15) is 0 Å². The van der Waals surface area contributed by atoms with Gasteiger partial charge in [0.2, 0.25) is 5.76 Å². The molecular weight excluding hydrogens is 384 g/mol. The number of aliphatic hydroxyl groups is 1. The van der Waals surface area contributed by atoms with Crippen LogP contribution in [0.5, 0.6) is 5.75 Å². The van der Waals surface area contributed by atoms with E-state index in [1.807, 2.05) is 53.9 Å². The molecule has 1 aromatic carbocycles. The number of furan rings is 1. The van der Waals surface area contributed by atoms with E-state index in [4.69, 9.17) is 13.9 Å². The van der Waals surface area contributed by atoms with Crippen molar-refractivity contribution < 1.29 is 23.8 Å². The number of hydrogen-bond acceptors (Lipinski definition) is 6. The van der Waals surface area contributed by atoms with Crippen molar-refractivity contribution in [2.24, 2.45) is 0 Å². The summed E-state index contributed by atoms with van der Waals surface area (Å²) in [6, 6.07) is 14.8. The zero-order valence-corrected chi connectivity index (χ0v) is 16.3. The number of benzene rings is 1. The molecule has 0 unspecified atom stereocenters. The number of aliphatic hydroxyl groups excluding tert-OH is 1. The number of esters is 1. The minimum atomic E-state index is -0.524. The molecular formula is C23H20N2O5. The lowest BCUT2D eigenvalue weighted by Gasteiger charge is -2.22. The minimum Gasteiger partial charge on any atom is -0.478 e. The Hall–Kier alpha value is -3.58. The normalized spacial score (nSPS) is 17.8. The Morgan fingerprint density at radius 3 is 2.90 bits per heavy atom. The lowest BCUT2D eigenvalue weighted by molar-refractivity contribution is -0.00554. The predicted molar refractivity (Wildman–Crippen MR) is 107 cm³/mol. The second-order valence-electron chi connectivity index (χ2n) is 7.23. The molecule has 1 aliphatic carbocycles. The molecule has 2 atom stereocenters. The molecule has 0 radical (unpaired) electrons. The topological polar surface area (TPSA) is 86.2 Å². The minimum absolute atomic E-state index is 0.119. The van der Waals surface area contributed by atoms with Crippen molar-refractivity contribution in [1.82, 2.24) is 9.38 Å². The molecule has 3 aromatic heterocycles. The Kier molecular flexibility index (Phi) is 4.52. The number of aryl methyl sites for hydroxylation is 1. The van der Waals surface area contributed by atoms with E-state index in [2.05, 4.69) is 4.98 Å². The molecule has 4 aromatic rings. The third-order valence-corrected chi connectivity index (χ3v) is 5.42. The molecule has 7 nitrogen and oxygen atoms in total. The summed E-state index contributed by atoms with van der Waals surface area (Å²) in [5, 5.41) is 9.67. The largest absolute Gasteiger partial charge is 0.478 e. The van der Waals surface area contributed by atoms with Crippen LogP contribution in [0.3, 0.4) is 0 Å². The number of ether oxygens (including phenoxy) is 2. The molecule has 7 heteroatoms. The summed E-state index contributed by atoms with van der Waals surface area (Å²) in [5.41, 5.74) is 4.11. The first kappa shape index (κ1) is 18.4. The summed E-state index contributed by atoms with van der Waals surface area (Å²) in [4.78, 5) is 17.1. The highest BCUT2D eigenvalue weighted by atomic mass is 16.6. The molecule has 0 aliphatic heterocycles. The van der Waals surface area contributed by atoms with Crippen molar-refractivity contribution in [2.45, 2.75) is 32.2 Å². The van der Waals surface area contributed by atoms with Gasteiger partial charge in [0.15, 0.2) is 17.5 Å². The summed E-state index contributed by atoms with van der Waals surface area (Å²) < 4.78 is 19.1. The maximum absolute atomic E-state index is 12.5. The van der Waals surface area contributed by atoms with Gasteiger partial charge in [-0.15, -0.1) is 0 Å². The zero-order valence-electron chi connectivity index (χ0n) is 16.3. The van der Waals surface area contributed by atoms with Crippen molar-refractivity contribution in [1.29, 1.82) is 0 Å². The van der Waals surface area contributed by atoms with Crippen LogP contribution < -0.4 is 4.74 Å². The van der Waals surface area contributed by atoms with Gasteiger partial charge in [-0.3, -0.25) is 4.40 Å². The number of rotatable bonds is 5. The Morgan fingerprint density at radius 1 is 1.23 bits per heavy atom. The number of fused-ring (bicyclic) bond motifs is 2. The first-order valence-corrected chi connectivity index (χ1v) is 9.72. The van der Waals surface area contributed by atoms with Crippen LogP contribution in [0.25, 0.3) is 5.65 Å². The van der Waals surface area contributed by atoms with Crippen LogP contribution in [0.15, 0.2) is 65.4 Å². The third-order valence-electron chi connectivity index (χ3n) is 5.42. The molecule has 0 saturated carbocycles. The van der Waals surface area contributed by atoms with Crippen molar-refractivity contribution in [2.75, 3.05) is 0 Å². The molecule has 0 fully saturated rings. The van der Waals surface area contributed by atoms with E-state index in [1.165, 1.54) is 6.26 Å². The number of carbonyl (C=O) groups is 1. The van der Waals surface area contributed by atoms with E-state index < -0.39 is 18.2 Å². The molecule has 152 valence electrons. The highest BCUT2D eigenvalue weighted by molar-refractivity contribution is 5.86. The second-order valence-corrected chi connectivity index (χ2v) is 7.23. The summed E-state index contributed by atoms with van der Waals surface area (Å²) in [6.07, 6.45) is 2.83. The number of pyridine rings is 1.